The zero-order valence-electron chi connectivity index (χ0n) is 11.6. The van der Waals surface area contributed by atoms with E-state index in [0.29, 0.717) is 12.5 Å². The molecule has 0 N–H and O–H groups in total. The number of nitrogens with zero attached hydrogens (tertiary/aromatic N) is 1. The summed E-state index contributed by atoms with van der Waals surface area (Å²) in [5.41, 5.74) is 1.19. The maximum Gasteiger partial charge on any atom is 0.233 e. The Morgan fingerprint density at radius 2 is 1.85 bits per heavy atom. The van der Waals surface area contributed by atoms with E-state index in [-0.39, 0.29) is 29.1 Å². The summed E-state index contributed by atoms with van der Waals surface area (Å²) in [5.74, 6) is 1.26. The molecule has 4 rings (SSSR count). The number of hydrogen-bond donors (Lipinski definition) is 0. The topological polar surface area (TPSA) is 37.4 Å². The van der Waals surface area contributed by atoms with Crippen molar-refractivity contribution in [1.82, 2.24) is 4.90 Å². The molecule has 0 radical (unpaired) electrons. The molecule has 1 aromatic rings. The zero-order chi connectivity index (χ0) is 14.1. The predicted molar refractivity (Wildman–Crippen MR) is 77.4 cm³/mol. The van der Waals surface area contributed by atoms with E-state index in [0.717, 1.165) is 5.75 Å². The SMILES string of the molecule is CC1(C)C2C(=O)N(CC3CSc4ccccc43)C(=O)C21. The molecule has 3 unspecified atom stereocenters. The van der Waals surface area contributed by atoms with Crippen molar-refractivity contribution < 1.29 is 9.59 Å². The minimum atomic E-state index is -0.104. The Kier molecular flexibility index (Phi) is 2.41. The van der Waals surface area contributed by atoms with Crippen LogP contribution in [-0.2, 0) is 9.59 Å². The molecule has 1 aromatic carbocycles. The third-order valence-electron chi connectivity index (χ3n) is 5.09. The largest absolute Gasteiger partial charge is 0.281 e. The van der Waals surface area contributed by atoms with Crippen LogP contribution in [0.1, 0.15) is 25.3 Å². The van der Waals surface area contributed by atoms with Crippen LogP contribution >= 0.6 is 11.8 Å². The minimum absolute atomic E-state index is 0.0550. The van der Waals surface area contributed by atoms with Crippen LogP contribution in [0.25, 0.3) is 0 Å². The Bertz CT molecular complexity index is 601. The fraction of sp³-hybridized carbons (Fsp3) is 0.500. The van der Waals surface area contributed by atoms with E-state index in [9.17, 15) is 9.59 Å². The van der Waals surface area contributed by atoms with Crippen LogP contribution in [0.4, 0.5) is 0 Å². The minimum Gasteiger partial charge on any atom is -0.281 e. The molecule has 0 bridgehead atoms. The van der Waals surface area contributed by atoms with Crippen LogP contribution in [0.2, 0.25) is 0 Å². The average molecular weight is 287 g/mol. The molecular weight excluding hydrogens is 270 g/mol. The van der Waals surface area contributed by atoms with Crippen molar-refractivity contribution in [3.63, 3.8) is 0 Å². The predicted octanol–water partition coefficient (Wildman–Crippen LogP) is 2.52. The van der Waals surface area contributed by atoms with Crippen LogP contribution in [-0.4, -0.2) is 29.0 Å². The number of carbonyl (C=O) groups excluding carboxylic acids is 2. The summed E-state index contributed by atoms with van der Waals surface area (Å²) in [7, 11) is 0. The lowest BCUT2D eigenvalue weighted by Gasteiger charge is -2.23. The molecule has 2 fully saturated rings. The second-order valence-electron chi connectivity index (χ2n) is 6.61. The number of amides is 2. The molecule has 4 heteroatoms. The van der Waals surface area contributed by atoms with Gasteiger partial charge < -0.3 is 0 Å². The third-order valence-corrected chi connectivity index (χ3v) is 6.35. The highest BCUT2D eigenvalue weighted by Gasteiger charge is 2.72. The monoisotopic (exact) mass is 287 g/mol. The second kappa shape index (κ2) is 3.88. The standard InChI is InChI=1S/C16H17NO2S/c1-16(2)12-13(16)15(19)17(14(12)18)7-9-8-20-11-6-4-3-5-10(9)11/h3-6,9,12-13H,7-8H2,1-2H3. The highest BCUT2D eigenvalue weighted by Crippen LogP contribution is 2.63. The first kappa shape index (κ1) is 12.5. The van der Waals surface area contributed by atoms with Crippen molar-refractivity contribution in [2.75, 3.05) is 12.3 Å². The third kappa shape index (κ3) is 1.48. The Morgan fingerprint density at radius 1 is 1.20 bits per heavy atom. The maximum absolute atomic E-state index is 12.4. The van der Waals surface area contributed by atoms with Gasteiger partial charge in [-0.25, -0.2) is 0 Å². The van der Waals surface area contributed by atoms with Gasteiger partial charge in [-0.1, -0.05) is 32.0 Å². The number of benzene rings is 1. The molecule has 3 atom stereocenters. The van der Waals surface area contributed by atoms with E-state index >= 15 is 0 Å². The lowest BCUT2D eigenvalue weighted by molar-refractivity contribution is -0.143. The van der Waals surface area contributed by atoms with Gasteiger partial charge in [-0.2, -0.15) is 0 Å². The van der Waals surface area contributed by atoms with E-state index < -0.39 is 0 Å². The maximum atomic E-state index is 12.4. The van der Waals surface area contributed by atoms with Crippen LogP contribution in [0.15, 0.2) is 29.2 Å². The van der Waals surface area contributed by atoms with Crippen LogP contribution in [0.5, 0.6) is 0 Å². The Hall–Kier alpha value is -1.29. The average Bonchev–Trinajstić information content (AvgIpc) is 2.71. The van der Waals surface area contributed by atoms with E-state index in [1.54, 1.807) is 0 Å². The van der Waals surface area contributed by atoms with Crippen molar-refractivity contribution >= 4 is 23.6 Å². The molecule has 1 aliphatic carbocycles. The molecule has 104 valence electrons. The lowest BCUT2D eigenvalue weighted by Crippen LogP contribution is -2.39. The molecule has 2 amide bonds. The van der Waals surface area contributed by atoms with Gasteiger partial charge in [-0.15, -0.1) is 11.8 Å². The van der Waals surface area contributed by atoms with Crippen LogP contribution in [0, 0.1) is 17.3 Å². The summed E-state index contributed by atoms with van der Waals surface area (Å²) in [6.07, 6.45) is 0. The summed E-state index contributed by atoms with van der Waals surface area (Å²) < 4.78 is 0. The van der Waals surface area contributed by atoms with Gasteiger partial charge in [-0.3, -0.25) is 14.5 Å². The van der Waals surface area contributed by atoms with Gasteiger partial charge in [0.25, 0.3) is 0 Å². The molecule has 2 heterocycles. The van der Waals surface area contributed by atoms with Gasteiger partial charge in [0.2, 0.25) is 11.8 Å². The molecule has 20 heavy (non-hydrogen) atoms. The Balaban J connectivity index is 1.55. The van der Waals surface area contributed by atoms with Crippen molar-refractivity contribution in [2.45, 2.75) is 24.7 Å². The fourth-order valence-corrected chi connectivity index (χ4v) is 5.03. The van der Waals surface area contributed by atoms with Gasteiger partial charge in [0.05, 0.1) is 11.8 Å². The number of rotatable bonds is 2. The number of thioether (sulfide) groups is 1. The summed E-state index contributed by atoms with van der Waals surface area (Å²) >= 11 is 1.82. The van der Waals surface area contributed by atoms with E-state index in [2.05, 4.69) is 12.1 Å². The normalized spacial score (nSPS) is 33.3. The molecule has 0 aromatic heterocycles. The second-order valence-corrected chi connectivity index (χ2v) is 7.67. The number of piperidine rings is 1. The fourth-order valence-electron chi connectivity index (χ4n) is 3.78. The quantitative estimate of drug-likeness (QED) is 0.784. The first-order chi connectivity index (χ1) is 9.51. The van der Waals surface area contributed by atoms with E-state index in [4.69, 9.17) is 0 Å². The molecule has 1 saturated heterocycles. The van der Waals surface area contributed by atoms with E-state index in [1.807, 2.05) is 37.7 Å². The van der Waals surface area contributed by atoms with E-state index in [1.165, 1.54) is 15.4 Å². The lowest BCUT2D eigenvalue weighted by atomic mass is 9.99. The molecule has 3 aliphatic rings. The number of hydrogen-bond acceptors (Lipinski definition) is 3. The number of carbonyl (C=O) groups is 2. The van der Waals surface area contributed by atoms with Crippen molar-refractivity contribution in [2.24, 2.45) is 17.3 Å². The smallest absolute Gasteiger partial charge is 0.233 e. The van der Waals surface area contributed by atoms with Crippen LogP contribution in [0.3, 0.4) is 0 Å². The van der Waals surface area contributed by atoms with Crippen molar-refractivity contribution in [1.29, 1.82) is 0 Å². The number of likely N-dealkylation sites (tertiary alicyclic amines) is 1. The summed E-state index contributed by atoms with van der Waals surface area (Å²) in [4.78, 5) is 27.6. The summed E-state index contributed by atoms with van der Waals surface area (Å²) in [6, 6.07) is 8.31. The molecular formula is C16H17NO2S. The van der Waals surface area contributed by atoms with Crippen molar-refractivity contribution in [3.8, 4) is 0 Å². The number of imide groups is 1. The molecule has 0 spiro atoms. The highest BCUT2D eigenvalue weighted by atomic mass is 32.2. The molecule has 2 aliphatic heterocycles. The first-order valence-corrected chi connectivity index (χ1v) is 8.07. The summed E-state index contributed by atoms with van der Waals surface area (Å²) in [5, 5.41) is 0. The van der Waals surface area contributed by atoms with Gasteiger partial charge in [0.1, 0.15) is 0 Å². The van der Waals surface area contributed by atoms with Crippen LogP contribution < -0.4 is 0 Å². The molecule has 3 nitrogen and oxygen atoms in total. The zero-order valence-corrected chi connectivity index (χ0v) is 12.4. The van der Waals surface area contributed by atoms with Crippen molar-refractivity contribution in [3.05, 3.63) is 29.8 Å². The Labute approximate surface area is 122 Å². The number of fused-ring (bicyclic) bond motifs is 2. The van der Waals surface area contributed by atoms with Gasteiger partial charge >= 0.3 is 0 Å². The summed E-state index contributed by atoms with van der Waals surface area (Å²) in [6.45, 7) is 4.61. The van der Waals surface area contributed by atoms with Gasteiger partial charge in [0, 0.05) is 23.1 Å². The highest BCUT2D eigenvalue weighted by molar-refractivity contribution is 7.99. The Morgan fingerprint density at radius 3 is 2.55 bits per heavy atom. The first-order valence-electron chi connectivity index (χ1n) is 7.09. The van der Waals surface area contributed by atoms with Gasteiger partial charge in [0.15, 0.2) is 0 Å². The molecule has 1 saturated carbocycles. The van der Waals surface area contributed by atoms with Gasteiger partial charge in [-0.05, 0) is 17.0 Å².